The molecule has 0 spiro atoms. The van der Waals surface area contributed by atoms with Crippen LogP contribution in [0.3, 0.4) is 0 Å². The van der Waals surface area contributed by atoms with E-state index >= 15 is 0 Å². The van der Waals surface area contributed by atoms with E-state index < -0.39 is 0 Å². The number of nitrogens with zero attached hydrogens (tertiary/aromatic N) is 1. The Morgan fingerprint density at radius 3 is 2.92 bits per heavy atom. The molecule has 1 unspecified atom stereocenters. The maximum absolute atomic E-state index is 11.2. The van der Waals surface area contributed by atoms with Gasteiger partial charge < -0.3 is 5.32 Å². The van der Waals surface area contributed by atoms with Crippen LogP contribution in [0.1, 0.15) is 11.6 Å². The third-order valence-corrected chi connectivity index (χ3v) is 1.80. The van der Waals surface area contributed by atoms with E-state index in [4.69, 9.17) is 0 Å². The van der Waals surface area contributed by atoms with Crippen LogP contribution in [-0.4, -0.2) is 10.9 Å². The lowest BCUT2D eigenvalue weighted by Crippen LogP contribution is -2.17. The van der Waals surface area contributed by atoms with Crippen molar-refractivity contribution in [3.63, 3.8) is 0 Å². The molecule has 2 heterocycles. The van der Waals surface area contributed by atoms with Crippen molar-refractivity contribution in [1.29, 1.82) is 0 Å². The van der Waals surface area contributed by atoms with Gasteiger partial charge in [0.25, 0.3) is 0 Å². The first kappa shape index (κ1) is 7.03. The summed E-state index contributed by atoms with van der Waals surface area (Å²) in [4.78, 5) is 15.3. The van der Waals surface area contributed by atoms with Gasteiger partial charge in [0, 0.05) is 12.4 Å². The maximum atomic E-state index is 11.2. The highest BCUT2D eigenvalue weighted by molar-refractivity contribution is 5.88. The Morgan fingerprint density at radius 1 is 1.42 bits per heavy atom. The third kappa shape index (κ3) is 1.09. The van der Waals surface area contributed by atoms with E-state index in [-0.39, 0.29) is 11.8 Å². The van der Waals surface area contributed by atoms with Crippen LogP contribution in [0.15, 0.2) is 36.7 Å². The summed E-state index contributed by atoms with van der Waals surface area (Å²) < 4.78 is 0. The Hall–Kier alpha value is -1.64. The molecule has 0 aromatic carbocycles. The molecule has 0 aliphatic carbocycles. The number of aromatic nitrogens is 1. The van der Waals surface area contributed by atoms with Gasteiger partial charge in [-0.3, -0.25) is 9.78 Å². The predicted octanol–water partition coefficient (Wildman–Crippen LogP) is 0.809. The van der Waals surface area contributed by atoms with E-state index in [0.717, 1.165) is 5.69 Å². The summed E-state index contributed by atoms with van der Waals surface area (Å²) in [6.07, 6.45) is 5.15. The van der Waals surface area contributed by atoms with Crippen LogP contribution in [0.5, 0.6) is 0 Å². The lowest BCUT2D eigenvalue weighted by atomic mass is 10.1. The molecule has 1 N–H and O–H groups in total. The second kappa shape index (κ2) is 2.77. The Labute approximate surface area is 70.1 Å². The molecule has 1 aliphatic rings. The van der Waals surface area contributed by atoms with Gasteiger partial charge in [0.05, 0.1) is 5.69 Å². The molecule has 0 bridgehead atoms. The molecule has 2 rings (SSSR count). The molecule has 12 heavy (non-hydrogen) atoms. The Bertz CT molecular complexity index is 319. The van der Waals surface area contributed by atoms with E-state index in [1.54, 1.807) is 12.4 Å². The highest BCUT2D eigenvalue weighted by Crippen LogP contribution is 2.17. The number of hydrogen-bond donors (Lipinski definition) is 1. The topological polar surface area (TPSA) is 42.0 Å². The van der Waals surface area contributed by atoms with Gasteiger partial charge in [-0.25, -0.2) is 0 Å². The zero-order chi connectivity index (χ0) is 8.39. The Kier molecular flexibility index (Phi) is 1.63. The molecule has 3 heteroatoms. The number of hydrogen-bond acceptors (Lipinski definition) is 2. The van der Waals surface area contributed by atoms with E-state index in [2.05, 4.69) is 10.3 Å². The van der Waals surface area contributed by atoms with Crippen molar-refractivity contribution in [2.24, 2.45) is 0 Å². The smallest absolute Gasteiger partial charge is 0.236 e. The summed E-state index contributed by atoms with van der Waals surface area (Å²) in [5.41, 5.74) is 0.795. The largest absolute Gasteiger partial charge is 0.332 e. The minimum Gasteiger partial charge on any atom is -0.332 e. The zero-order valence-corrected chi connectivity index (χ0v) is 6.40. The van der Waals surface area contributed by atoms with E-state index in [1.165, 1.54) is 0 Å². The van der Waals surface area contributed by atoms with Crippen molar-refractivity contribution < 1.29 is 4.79 Å². The second-order valence-corrected chi connectivity index (χ2v) is 2.60. The molecule has 0 radical (unpaired) electrons. The van der Waals surface area contributed by atoms with Crippen molar-refractivity contribution in [2.45, 2.75) is 5.92 Å². The average Bonchev–Trinajstić information content (AvgIpc) is 2.53. The van der Waals surface area contributed by atoms with Crippen LogP contribution < -0.4 is 5.32 Å². The summed E-state index contributed by atoms with van der Waals surface area (Å²) in [6, 6.07) is 5.56. The Morgan fingerprint density at radius 2 is 2.33 bits per heavy atom. The molecular weight excluding hydrogens is 152 g/mol. The van der Waals surface area contributed by atoms with Gasteiger partial charge in [-0.1, -0.05) is 6.07 Å². The van der Waals surface area contributed by atoms with E-state index in [0.29, 0.717) is 0 Å². The van der Waals surface area contributed by atoms with Crippen LogP contribution in [0.2, 0.25) is 0 Å². The molecule has 1 atom stereocenters. The lowest BCUT2D eigenvalue weighted by Gasteiger charge is -2.03. The third-order valence-electron chi connectivity index (χ3n) is 1.80. The van der Waals surface area contributed by atoms with Crippen molar-refractivity contribution in [3.05, 3.63) is 42.4 Å². The molecule has 0 saturated heterocycles. The first-order chi connectivity index (χ1) is 5.88. The average molecular weight is 160 g/mol. The Balaban J connectivity index is 2.31. The van der Waals surface area contributed by atoms with E-state index in [1.807, 2.05) is 24.3 Å². The molecule has 3 nitrogen and oxygen atoms in total. The predicted molar refractivity (Wildman–Crippen MR) is 44.3 cm³/mol. The fourth-order valence-electron chi connectivity index (χ4n) is 1.20. The molecule has 1 aromatic rings. The summed E-state index contributed by atoms with van der Waals surface area (Å²) >= 11 is 0. The van der Waals surface area contributed by atoms with Gasteiger partial charge >= 0.3 is 0 Å². The second-order valence-electron chi connectivity index (χ2n) is 2.60. The molecule has 0 fully saturated rings. The minimum atomic E-state index is -0.203. The first-order valence-corrected chi connectivity index (χ1v) is 3.76. The number of nitrogens with one attached hydrogen (secondary N) is 1. The van der Waals surface area contributed by atoms with Crippen molar-refractivity contribution in [1.82, 2.24) is 10.3 Å². The van der Waals surface area contributed by atoms with Crippen molar-refractivity contribution in [3.8, 4) is 0 Å². The van der Waals surface area contributed by atoms with Gasteiger partial charge in [0.2, 0.25) is 5.91 Å². The SMILES string of the molecule is O=C1NC=CC1c1ccccn1. The summed E-state index contributed by atoms with van der Waals surface area (Å²) in [7, 11) is 0. The minimum absolute atomic E-state index is 0.00583. The van der Waals surface area contributed by atoms with Crippen molar-refractivity contribution >= 4 is 5.91 Å². The highest BCUT2D eigenvalue weighted by Gasteiger charge is 2.21. The quantitative estimate of drug-likeness (QED) is 0.660. The highest BCUT2D eigenvalue weighted by atomic mass is 16.2. The summed E-state index contributed by atoms with van der Waals surface area (Å²) in [5, 5.41) is 2.61. The number of rotatable bonds is 1. The van der Waals surface area contributed by atoms with Crippen LogP contribution in [0.25, 0.3) is 0 Å². The monoisotopic (exact) mass is 160 g/mol. The molecule has 1 aromatic heterocycles. The number of carbonyl (C=O) groups is 1. The number of amides is 1. The molecular formula is C9H8N2O. The van der Waals surface area contributed by atoms with Crippen LogP contribution in [0.4, 0.5) is 0 Å². The van der Waals surface area contributed by atoms with Gasteiger partial charge in [-0.2, -0.15) is 0 Å². The van der Waals surface area contributed by atoms with Crippen LogP contribution in [-0.2, 0) is 4.79 Å². The van der Waals surface area contributed by atoms with Gasteiger partial charge in [0.1, 0.15) is 5.92 Å². The summed E-state index contributed by atoms with van der Waals surface area (Å²) in [6.45, 7) is 0. The van der Waals surface area contributed by atoms with Crippen molar-refractivity contribution in [2.75, 3.05) is 0 Å². The van der Waals surface area contributed by atoms with E-state index in [9.17, 15) is 4.79 Å². The number of carbonyl (C=O) groups excluding carboxylic acids is 1. The van der Waals surface area contributed by atoms with Crippen LogP contribution in [0, 0.1) is 0 Å². The van der Waals surface area contributed by atoms with Crippen LogP contribution >= 0.6 is 0 Å². The van der Waals surface area contributed by atoms with Gasteiger partial charge in [0.15, 0.2) is 0 Å². The fraction of sp³-hybridized carbons (Fsp3) is 0.111. The summed E-state index contributed by atoms with van der Waals surface area (Å²) in [5.74, 6) is -0.208. The maximum Gasteiger partial charge on any atom is 0.236 e. The molecule has 0 saturated carbocycles. The van der Waals surface area contributed by atoms with Gasteiger partial charge in [-0.05, 0) is 18.2 Å². The van der Waals surface area contributed by atoms with Gasteiger partial charge in [-0.15, -0.1) is 0 Å². The fourth-order valence-corrected chi connectivity index (χ4v) is 1.20. The standard InChI is InChI=1S/C9H8N2O/c12-9-7(4-6-11-9)8-3-1-2-5-10-8/h1-7H,(H,11,12). The number of pyridine rings is 1. The first-order valence-electron chi connectivity index (χ1n) is 3.76. The zero-order valence-electron chi connectivity index (χ0n) is 6.40. The molecule has 60 valence electrons. The molecule has 1 amide bonds. The molecule has 1 aliphatic heterocycles. The normalized spacial score (nSPS) is 21.0. The lowest BCUT2D eigenvalue weighted by molar-refractivity contribution is -0.119.